The maximum atomic E-state index is 12.2. The van der Waals surface area contributed by atoms with Crippen LogP contribution in [-0.2, 0) is 12.8 Å². The van der Waals surface area contributed by atoms with Crippen molar-refractivity contribution in [3.63, 3.8) is 0 Å². The lowest BCUT2D eigenvalue weighted by Gasteiger charge is -2.14. The van der Waals surface area contributed by atoms with Crippen LogP contribution in [0.5, 0.6) is 5.75 Å². The predicted octanol–water partition coefficient (Wildman–Crippen LogP) is 3.03. The van der Waals surface area contributed by atoms with E-state index in [1.165, 1.54) is 12.1 Å². The zero-order chi connectivity index (χ0) is 12.0. The van der Waals surface area contributed by atoms with Gasteiger partial charge in [0, 0.05) is 18.1 Å². The average molecular weight is 251 g/mol. The molecular formula is C13H11ClO3. The molecule has 0 unspecified atom stereocenters. The Morgan fingerprint density at radius 2 is 2.00 bits per heavy atom. The van der Waals surface area contributed by atoms with E-state index in [-0.39, 0.29) is 16.2 Å². The summed E-state index contributed by atoms with van der Waals surface area (Å²) in [5, 5.41) is 10.1. The summed E-state index contributed by atoms with van der Waals surface area (Å²) in [5.41, 5.74) is 1.18. The Morgan fingerprint density at radius 3 is 2.82 bits per heavy atom. The van der Waals surface area contributed by atoms with Crippen LogP contribution in [0.2, 0.25) is 5.02 Å². The van der Waals surface area contributed by atoms with E-state index < -0.39 is 0 Å². The molecule has 0 amide bonds. The van der Waals surface area contributed by atoms with Gasteiger partial charge in [-0.3, -0.25) is 4.79 Å². The molecule has 3 rings (SSSR count). The van der Waals surface area contributed by atoms with Crippen molar-refractivity contribution in [3.05, 3.63) is 38.7 Å². The molecule has 1 aromatic carbocycles. The largest absolute Gasteiger partial charge is 0.506 e. The Hall–Kier alpha value is -1.48. The van der Waals surface area contributed by atoms with Gasteiger partial charge in [0.05, 0.1) is 10.4 Å². The SMILES string of the molecule is O=c1c2c(oc3cc(Cl)c(O)cc13)CCCC2. The van der Waals surface area contributed by atoms with E-state index in [0.29, 0.717) is 11.0 Å². The highest BCUT2D eigenvalue weighted by molar-refractivity contribution is 6.32. The average Bonchev–Trinajstić information content (AvgIpc) is 2.32. The fraction of sp³-hybridized carbons (Fsp3) is 0.308. The molecule has 1 N–H and O–H groups in total. The second-order valence-electron chi connectivity index (χ2n) is 4.34. The first kappa shape index (κ1) is 10.7. The second kappa shape index (κ2) is 3.77. The van der Waals surface area contributed by atoms with Gasteiger partial charge < -0.3 is 9.52 Å². The van der Waals surface area contributed by atoms with Crippen molar-refractivity contribution in [2.45, 2.75) is 25.7 Å². The predicted molar refractivity (Wildman–Crippen MR) is 65.8 cm³/mol. The molecule has 3 nitrogen and oxygen atoms in total. The molecule has 0 fully saturated rings. The highest BCUT2D eigenvalue weighted by Crippen LogP contribution is 2.30. The molecular weight excluding hydrogens is 240 g/mol. The number of aryl methyl sites for hydroxylation is 1. The summed E-state index contributed by atoms with van der Waals surface area (Å²) in [6.45, 7) is 0. The maximum absolute atomic E-state index is 12.2. The van der Waals surface area contributed by atoms with Crippen LogP contribution in [0.1, 0.15) is 24.2 Å². The van der Waals surface area contributed by atoms with Gasteiger partial charge in [-0.15, -0.1) is 0 Å². The first-order valence-corrected chi connectivity index (χ1v) is 6.01. The fourth-order valence-corrected chi connectivity index (χ4v) is 2.48. The van der Waals surface area contributed by atoms with Crippen LogP contribution in [-0.4, -0.2) is 5.11 Å². The summed E-state index contributed by atoms with van der Waals surface area (Å²) in [7, 11) is 0. The summed E-state index contributed by atoms with van der Waals surface area (Å²) < 4.78 is 5.71. The molecule has 0 atom stereocenters. The van der Waals surface area contributed by atoms with Crippen LogP contribution in [0.4, 0.5) is 0 Å². The third-order valence-corrected chi connectivity index (χ3v) is 3.52. The Kier molecular flexibility index (Phi) is 2.37. The Labute approximate surface area is 103 Å². The normalized spacial score (nSPS) is 14.9. The van der Waals surface area contributed by atoms with Crippen molar-refractivity contribution in [1.29, 1.82) is 0 Å². The minimum absolute atomic E-state index is 0.0343. The highest BCUT2D eigenvalue weighted by atomic mass is 35.5. The molecule has 0 radical (unpaired) electrons. The summed E-state index contributed by atoms with van der Waals surface area (Å²) in [4.78, 5) is 12.2. The topological polar surface area (TPSA) is 50.4 Å². The number of benzene rings is 1. The van der Waals surface area contributed by atoms with Crippen molar-refractivity contribution >= 4 is 22.6 Å². The summed E-state index contributed by atoms with van der Waals surface area (Å²) in [6.07, 6.45) is 3.63. The van der Waals surface area contributed by atoms with Crippen LogP contribution < -0.4 is 5.43 Å². The van der Waals surface area contributed by atoms with Crippen molar-refractivity contribution in [2.75, 3.05) is 0 Å². The molecule has 0 bridgehead atoms. The minimum Gasteiger partial charge on any atom is -0.506 e. The Morgan fingerprint density at radius 1 is 1.24 bits per heavy atom. The molecule has 0 saturated carbocycles. The lowest BCUT2D eigenvalue weighted by atomic mass is 9.96. The first-order valence-electron chi connectivity index (χ1n) is 5.64. The van der Waals surface area contributed by atoms with Gasteiger partial charge >= 0.3 is 0 Å². The lowest BCUT2D eigenvalue weighted by molar-refractivity contribution is 0.471. The van der Waals surface area contributed by atoms with Gasteiger partial charge in [-0.1, -0.05) is 11.6 Å². The highest BCUT2D eigenvalue weighted by Gasteiger charge is 2.18. The summed E-state index contributed by atoms with van der Waals surface area (Å²) in [6, 6.07) is 2.89. The van der Waals surface area contributed by atoms with Crippen molar-refractivity contribution < 1.29 is 9.52 Å². The third-order valence-electron chi connectivity index (χ3n) is 3.22. The monoisotopic (exact) mass is 250 g/mol. The number of fused-ring (bicyclic) bond motifs is 2. The number of hydrogen-bond acceptors (Lipinski definition) is 3. The van der Waals surface area contributed by atoms with E-state index in [1.54, 1.807) is 0 Å². The first-order chi connectivity index (χ1) is 8.16. The lowest BCUT2D eigenvalue weighted by Crippen LogP contribution is -2.16. The second-order valence-corrected chi connectivity index (χ2v) is 4.75. The fourth-order valence-electron chi connectivity index (χ4n) is 2.33. The maximum Gasteiger partial charge on any atom is 0.196 e. The van der Waals surface area contributed by atoms with Gasteiger partial charge in [0.2, 0.25) is 0 Å². The van der Waals surface area contributed by atoms with E-state index in [0.717, 1.165) is 37.0 Å². The Bertz CT molecular complexity index is 658. The van der Waals surface area contributed by atoms with Crippen LogP contribution in [0.15, 0.2) is 21.3 Å². The van der Waals surface area contributed by atoms with Crippen LogP contribution in [0.25, 0.3) is 11.0 Å². The number of phenolic OH excluding ortho intramolecular Hbond substituents is 1. The molecule has 1 aromatic heterocycles. The van der Waals surface area contributed by atoms with E-state index in [2.05, 4.69) is 0 Å². The van der Waals surface area contributed by atoms with Gasteiger partial charge in [0.1, 0.15) is 17.1 Å². The number of hydrogen-bond donors (Lipinski definition) is 1. The molecule has 88 valence electrons. The van der Waals surface area contributed by atoms with E-state index >= 15 is 0 Å². The number of halogens is 1. The molecule has 1 heterocycles. The summed E-state index contributed by atoms with van der Waals surface area (Å²) >= 11 is 5.81. The molecule has 17 heavy (non-hydrogen) atoms. The third kappa shape index (κ3) is 1.62. The van der Waals surface area contributed by atoms with Gasteiger partial charge in [-0.05, 0) is 25.3 Å². The standard InChI is InChI=1S/C13H11ClO3/c14-9-6-12-8(5-10(9)15)13(16)7-3-1-2-4-11(7)17-12/h5-6,15H,1-4H2. The number of aromatic hydroxyl groups is 1. The van der Waals surface area contributed by atoms with Gasteiger partial charge in [-0.2, -0.15) is 0 Å². The quantitative estimate of drug-likeness (QED) is 0.782. The minimum atomic E-state index is -0.0813. The molecule has 0 spiro atoms. The van der Waals surface area contributed by atoms with E-state index in [4.69, 9.17) is 16.0 Å². The smallest absolute Gasteiger partial charge is 0.196 e. The molecule has 2 aromatic rings. The summed E-state index contributed by atoms with van der Waals surface area (Å²) in [5.74, 6) is 0.692. The van der Waals surface area contributed by atoms with Crippen LogP contribution in [0.3, 0.4) is 0 Å². The van der Waals surface area contributed by atoms with E-state index in [9.17, 15) is 9.90 Å². The molecule has 4 heteroatoms. The van der Waals surface area contributed by atoms with Crippen molar-refractivity contribution in [3.8, 4) is 5.75 Å². The number of phenols is 1. The van der Waals surface area contributed by atoms with Gasteiger partial charge in [0.25, 0.3) is 0 Å². The van der Waals surface area contributed by atoms with Crippen LogP contribution in [0, 0.1) is 0 Å². The molecule has 1 aliphatic rings. The molecule has 0 saturated heterocycles. The van der Waals surface area contributed by atoms with Gasteiger partial charge in [-0.25, -0.2) is 0 Å². The van der Waals surface area contributed by atoms with Gasteiger partial charge in [0.15, 0.2) is 5.43 Å². The van der Waals surface area contributed by atoms with Crippen LogP contribution >= 0.6 is 11.6 Å². The van der Waals surface area contributed by atoms with Crippen molar-refractivity contribution in [1.82, 2.24) is 0 Å². The van der Waals surface area contributed by atoms with E-state index in [1.807, 2.05) is 0 Å². The molecule has 1 aliphatic carbocycles. The Balaban J connectivity index is 2.40. The zero-order valence-electron chi connectivity index (χ0n) is 9.12. The number of rotatable bonds is 0. The molecule has 0 aliphatic heterocycles. The zero-order valence-corrected chi connectivity index (χ0v) is 9.88. The van der Waals surface area contributed by atoms with Crippen molar-refractivity contribution in [2.24, 2.45) is 0 Å².